The number of quaternary nitrogens is 1. The zero-order valence-electron chi connectivity index (χ0n) is 22.0. The molecule has 0 aliphatic carbocycles. The molecular formula is C31H38NO6+. The van der Waals surface area contributed by atoms with Gasteiger partial charge in [-0.25, -0.2) is 4.79 Å². The molecule has 4 aliphatic heterocycles. The Morgan fingerprint density at radius 1 is 0.868 bits per heavy atom. The van der Waals surface area contributed by atoms with E-state index in [4.69, 9.17) is 18.9 Å². The highest BCUT2D eigenvalue weighted by Crippen LogP contribution is 2.47. The fourth-order valence-corrected chi connectivity index (χ4v) is 7.53. The first-order valence-electron chi connectivity index (χ1n) is 14.2. The van der Waals surface area contributed by atoms with E-state index < -0.39 is 11.6 Å². The van der Waals surface area contributed by atoms with E-state index in [2.05, 4.69) is 0 Å². The smallest absolute Gasteiger partial charge is 0.348 e. The van der Waals surface area contributed by atoms with Crippen LogP contribution in [0.4, 0.5) is 0 Å². The molecule has 4 aliphatic rings. The minimum Gasteiger partial charge on any atom is -0.459 e. The molecule has 7 nitrogen and oxygen atoms in total. The lowest BCUT2D eigenvalue weighted by Crippen LogP contribution is -2.60. The third-order valence-corrected chi connectivity index (χ3v) is 9.42. The van der Waals surface area contributed by atoms with Crippen molar-refractivity contribution < 1.29 is 33.0 Å². The summed E-state index contributed by atoms with van der Waals surface area (Å²) >= 11 is 0. The summed E-state index contributed by atoms with van der Waals surface area (Å²) in [6.07, 6.45) is 7.35. The fraction of sp³-hybridized carbons (Fsp3) is 0.548. The molecule has 4 fully saturated rings. The van der Waals surface area contributed by atoms with Crippen LogP contribution in [-0.4, -0.2) is 67.7 Å². The van der Waals surface area contributed by atoms with Crippen molar-refractivity contribution in [2.24, 2.45) is 5.92 Å². The van der Waals surface area contributed by atoms with E-state index in [-0.39, 0.29) is 24.8 Å². The largest absolute Gasteiger partial charge is 0.459 e. The second kappa shape index (κ2) is 10.8. The summed E-state index contributed by atoms with van der Waals surface area (Å²) in [6.45, 7) is 3.09. The van der Waals surface area contributed by atoms with Crippen LogP contribution in [0.2, 0.25) is 0 Å². The molecule has 2 unspecified atom stereocenters. The van der Waals surface area contributed by atoms with Gasteiger partial charge in [0.05, 0.1) is 37.7 Å². The number of rotatable bonds is 8. The Kier molecular flexibility index (Phi) is 7.25. The summed E-state index contributed by atoms with van der Waals surface area (Å²) < 4.78 is 24.8. The lowest BCUT2D eigenvalue weighted by molar-refractivity contribution is -0.956. The van der Waals surface area contributed by atoms with E-state index >= 15 is 0 Å². The predicted molar refractivity (Wildman–Crippen MR) is 140 cm³/mol. The SMILES string of the molecule is O=C(OCOC(C(=O)OC1CC2CCC(C1)[N+]21CCCC1)(c1ccccc1)c1ccccc1)[C@@H]1CCOC1. The van der Waals surface area contributed by atoms with Crippen molar-refractivity contribution in [1.29, 1.82) is 0 Å². The average Bonchev–Trinajstić information content (AvgIpc) is 3.70. The van der Waals surface area contributed by atoms with Crippen LogP contribution in [0.3, 0.4) is 0 Å². The highest BCUT2D eigenvalue weighted by molar-refractivity contribution is 5.86. The molecule has 1 spiro atoms. The van der Waals surface area contributed by atoms with E-state index in [1.807, 2.05) is 60.7 Å². The third-order valence-electron chi connectivity index (χ3n) is 9.42. The number of esters is 2. The summed E-state index contributed by atoms with van der Waals surface area (Å²) in [4.78, 5) is 26.9. The zero-order valence-corrected chi connectivity index (χ0v) is 22.0. The molecule has 4 saturated heterocycles. The van der Waals surface area contributed by atoms with Crippen LogP contribution in [0, 0.1) is 5.92 Å². The minimum absolute atomic E-state index is 0.141. The average molecular weight is 521 g/mol. The Balaban J connectivity index is 1.26. The third kappa shape index (κ3) is 4.55. The number of hydrogen-bond acceptors (Lipinski definition) is 6. The Labute approximate surface area is 224 Å². The van der Waals surface area contributed by atoms with Gasteiger partial charge in [0.25, 0.3) is 0 Å². The monoisotopic (exact) mass is 520 g/mol. The second-order valence-corrected chi connectivity index (χ2v) is 11.3. The molecule has 38 heavy (non-hydrogen) atoms. The van der Waals surface area contributed by atoms with Crippen molar-refractivity contribution >= 4 is 11.9 Å². The molecule has 2 bridgehead atoms. The van der Waals surface area contributed by atoms with Crippen LogP contribution >= 0.6 is 0 Å². The summed E-state index contributed by atoms with van der Waals surface area (Å²) in [7, 11) is 0. The Morgan fingerprint density at radius 2 is 1.47 bits per heavy atom. The van der Waals surface area contributed by atoms with Gasteiger partial charge in [-0.1, -0.05) is 60.7 Å². The van der Waals surface area contributed by atoms with Gasteiger partial charge in [-0.05, 0) is 17.5 Å². The first kappa shape index (κ1) is 25.5. The van der Waals surface area contributed by atoms with Crippen LogP contribution in [-0.2, 0) is 34.1 Å². The van der Waals surface area contributed by atoms with Crippen molar-refractivity contribution in [3.8, 4) is 0 Å². The fourth-order valence-electron chi connectivity index (χ4n) is 7.53. The van der Waals surface area contributed by atoms with Gasteiger partial charge in [0, 0.05) is 45.1 Å². The topological polar surface area (TPSA) is 71.1 Å². The normalized spacial score (nSPS) is 27.9. The number of benzene rings is 2. The number of nitrogens with zero attached hydrogens (tertiary/aromatic N) is 1. The lowest BCUT2D eigenvalue weighted by atomic mass is 9.85. The summed E-state index contributed by atoms with van der Waals surface area (Å²) in [5, 5.41) is 0. The maximum Gasteiger partial charge on any atom is 0.348 e. The van der Waals surface area contributed by atoms with E-state index in [1.165, 1.54) is 43.3 Å². The second-order valence-electron chi connectivity index (χ2n) is 11.3. The van der Waals surface area contributed by atoms with Crippen LogP contribution < -0.4 is 0 Å². The molecule has 2 aromatic rings. The van der Waals surface area contributed by atoms with Crippen LogP contribution in [0.5, 0.6) is 0 Å². The number of hydrogen-bond donors (Lipinski definition) is 0. The van der Waals surface area contributed by atoms with Gasteiger partial charge in [-0.15, -0.1) is 0 Å². The predicted octanol–water partition coefficient (Wildman–Crippen LogP) is 4.33. The number of piperidine rings is 1. The Morgan fingerprint density at radius 3 is 2.03 bits per heavy atom. The quantitative estimate of drug-likeness (QED) is 0.293. The van der Waals surface area contributed by atoms with E-state index in [1.54, 1.807) is 0 Å². The standard InChI is InChI=1S/C31H38NO6/c33-29(23-15-18-35-21-23)36-22-37-31(24-9-3-1-4-10-24,25-11-5-2-6-12-25)30(34)38-28-19-26-13-14-27(20-28)32(26)16-7-8-17-32/h1-6,9-12,23,26-28H,7-8,13-22H2/q+1/t23-,26?,27?,28?/m1/s1. The highest BCUT2D eigenvalue weighted by Gasteiger charge is 2.57. The summed E-state index contributed by atoms with van der Waals surface area (Å²) in [6, 6.07) is 20.0. The zero-order chi connectivity index (χ0) is 26.0. The molecule has 202 valence electrons. The Hall–Kier alpha value is -2.74. The van der Waals surface area contributed by atoms with Gasteiger partial charge in [-0.2, -0.15) is 0 Å². The molecule has 0 N–H and O–H groups in total. The molecule has 3 atom stereocenters. The van der Waals surface area contributed by atoms with Gasteiger partial charge in [0.2, 0.25) is 5.60 Å². The van der Waals surface area contributed by atoms with E-state index in [0.29, 0.717) is 42.8 Å². The van der Waals surface area contributed by atoms with Gasteiger partial charge < -0.3 is 23.4 Å². The van der Waals surface area contributed by atoms with E-state index in [9.17, 15) is 9.59 Å². The lowest BCUT2D eigenvalue weighted by Gasteiger charge is -2.47. The van der Waals surface area contributed by atoms with Crippen molar-refractivity contribution in [2.75, 3.05) is 33.1 Å². The molecule has 0 radical (unpaired) electrons. The van der Waals surface area contributed by atoms with Gasteiger partial charge in [0.1, 0.15) is 6.10 Å². The molecular weight excluding hydrogens is 482 g/mol. The van der Waals surface area contributed by atoms with Gasteiger partial charge in [-0.3, -0.25) is 4.79 Å². The molecule has 0 amide bonds. The molecule has 7 heteroatoms. The van der Waals surface area contributed by atoms with Crippen molar-refractivity contribution in [2.45, 2.75) is 68.7 Å². The summed E-state index contributed by atoms with van der Waals surface area (Å²) in [5.41, 5.74) is -0.248. The van der Waals surface area contributed by atoms with Gasteiger partial charge >= 0.3 is 11.9 Å². The van der Waals surface area contributed by atoms with Crippen LogP contribution in [0.1, 0.15) is 56.1 Å². The first-order valence-corrected chi connectivity index (χ1v) is 14.2. The molecule has 4 heterocycles. The number of carbonyl (C=O) groups is 2. The van der Waals surface area contributed by atoms with E-state index in [0.717, 1.165) is 12.8 Å². The Bertz CT molecular complexity index is 1050. The molecule has 6 rings (SSSR count). The molecule has 2 aromatic carbocycles. The highest BCUT2D eigenvalue weighted by atomic mass is 16.7. The van der Waals surface area contributed by atoms with Crippen LogP contribution in [0.25, 0.3) is 0 Å². The van der Waals surface area contributed by atoms with Gasteiger partial charge in [0.15, 0.2) is 6.79 Å². The number of carbonyl (C=O) groups excluding carboxylic acids is 2. The van der Waals surface area contributed by atoms with Crippen molar-refractivity contribution in [3.63, 3.8) is 0 Å². The molecule has 0 aromatic heterocycles. The minimum atomic E-state index is -1.55. The maximum atomic E-state index is 14.3. The van der Waals surface area contributed by atoms with Crippen molar-refractivity contribution in [1.82, 2.24) is 0 Å². The maximum absolute atomic E-state index is 14.3. The first-order chi connectivity index (χ1) is 18.6. The van der Waals surface area contributed by atoms with Crippen LogP contribution in [0.15, 0.2) is 60.7 Å². The van der Waals surface area contributed by atoms with Crippen molar-refractivity contribution in [3.05, 3.63) is 71.8 Å². The molecule has 0 saturated carbocycles. The number of ether oxygens (including phenoxy) is 4. The summed E-state index contributed by atoms with van der Waals surface area (Å²) in [5.74, 6) is -1.11.